The van der Waals surface area contributed by atoms with Crippen molar-refractivity contribution in [2.75, 3.05) is 35.7 Å². The van der Waals surface area contributed by atoms with Gasteiger partial charge in [0, 0.05) is 48.3 Å². The number of nitrogens with one attached hydrogen (secondary N) is 2. The van der Waals surface area contributed by atoms with Crippen molar-refractivity contribution in [1.82, 2.24) is 10.3 Å². The number of carbonyl (C=O) groups excluding carboxylic acids is 1. The third-order valence-corrected chi connectivity index (χ3v) is 7.55. The van der Waals surface area contributed by atoms with E-state index in [1.54, 1.807) is 6.20 Å². The van der Waals surface area contributed by atoms with Crippen LogP contribution >= 0.6 is 0 Å². The first kappa shape index (κ1) is 31.8. The first-order valence-electron chi connectivity index (χ1n) is 15.2. The van der Waals surface area contributed by atoms with Gasteiger partial charge in [-0.05, 0) is 71.3 Å². The molecule has 0 fully saturated rings. The molecule has 0 aliphatic carbocycles. The van der Waals surface area contributed by atoms with Gasteiger partial charge in [-0.3, -0.25) is 0 Å². The Morgan fingerprint density at radius 3 is 2.42 bits per heavy atom. The molecule has 0 radical (unpaired) electrons. The third kappa shape index (κ3) is 7.29. The van der Waals surface area contributed by atoms with Crippen molar-refractivity contribution in [2.24, 2.45) is 0 Å². The van der Waals surface area contributed by atoms with E-state index < -0.39 is 12.3 Å². The van der Waals surface area contributed by atoms with E-state index >= 15 is 0 Å². The van der Waals surface area contributed by atoms with Gasteiger partial charge >= 0.3 is 6.03 Å². The summed E-state index contributed by atoms with van der Waals surface area (Å²) in [5.41, 5.74) is 12.1. The Kier molecular flexibility index (Phi) is 10.7. The summed E-state index contributed by atoms with van der Waals surface area (Å²) < 4.78 is 5.86. The summed E-state index contributed by atoms with van der Waals surface area (Å²) >= 11 is 0. The van der Waals surface area contributed by atoms with E-state index in [1.165, 1.54) is 0 Å². The number of nitrogen functional groups attached to an aromatic ring is 1. The Morgan fingerprint density at radius 1 is 1.05 bits per heavy atom. The average Bonchev–Trinajstić information content (AvgIpc) is 2.98. The van der Waals surface area contributed by atoms with E-state index in [-0.39, 0.29) is 18.4 Å². The Labute approximate surface area is 254 Å². The molecule has 1 atom stereocenters. The maximum Gasteiger partial charge on any atom is 0.323 e. The van der Waals surface area contributed by atoms with Gasteiger partial charge in [-0.2, -0.15) is 0 Å². The molecule has 0 spiro atoms. The number of nitrogens with zero attached hydrogens (tertiary/aromatic N) is 2. The monoisotopic (exact) mass is 587 g/mol. The fourth-order valence-corrected chi connectivity index (χ4v) is 5.39. The molecule has 6 N–H and O–H groups in total. The highest BCUT2D eigenvalue weighted by molar-refractivity contribution is 5.97. The molecule has 0 saturated carbocycles. The molecule has 9 nitrogen and oxygen atoms in total. The van der Waals surface area contributed by atoms with Crippen molar-refractivity contribution in [3.63, 3.8) is 0 Å². The van der Waals surface area contributed by atoms with E-state index in [0.29, 0.717) is 48.1 Å². The molecular formula is C34H45N5O4. The highest BCUT2D eigenvalue weighted by Gasteiger charge is 2.34. The van der Waals surface area contributed by atoms with Crippen LogP contribution in [0.5, 0.6) is 5.75 Å². The van der Waals surface area contributed by atoms with Crippen LogP contribution < -0.4 is 26.0 Å². The minimum absolute atomic E-state index is 0.0396. The summed E-state index contributed by atoms with van der Waals surface area (Å²) in [5.74, 6) is 1.53. The van der Waals surface area contributed by atoms with Crippen molar-refractivity contribution in [1.29, 1.82) is 0 Å². The number of aliphatic hydroxyl groups is 2. The van der Waals surface area contributed by atoms with E-state index in [0.717, 1.165) is 40.8 Å². The van der Waals surface area contributed by atoms with E-state index in [9.17, 15) is 15.0 Å². The van der Waals surface area contributed by atoms with Crippen LogP contribution in [-0.4, -0.2) is 47.2 Å². The molecule has 1 aliphatic rings. The lowest BCUT2D eigenvalue weighted by Crippen LogP contribution is -2.47. The van der Waals surface area contributed by atoms with Crippen molar-refractivity contribution < 1.29 is 19.7 Å². The first-order chi connectivity index (χ1) is 20.7. The van der Waals surface area contributed by atoms with Gasteiger partial charge in [0.05, 0.1) is 12.3 Å². The number of hydrogen-bond donors (Lipinski definition) is 5. The number of carbonyl (C=O) groups is 1. The molecule has 2 heterocycles. The number of benzene rings is 2. The van der Waals surface area contributed by atoms with Crippen LogP contribution in [0.15, 0.2) is 60.4 Å². The molecule has 2 amide bonds. The van der Waals surface area contributed by atoms with Crippen LogP contribution in [0.25, 0.3) is 5.57 Å². The van der Waals surface area contributed by atoms with Gasteiger partial charge in [-0.15, -0.1) is 0 Å². The van der Waals surface area contributed by atoms with Crippen molar-refractivity contribution in [3.8, 4) is 5.75 Å². The smallest absolute Gasteiger partial charge is 0.323 e. The van der Waals surface area contributed by atoms with Crippen LogP contribution in [0.1, 0.15) is 88.0 Å². The average molecular weight is 588 g/mol. The molecule has 0 saturated heterocycles. The summed E-state index contributed by atoms with van der Waals surface area (Å²) in [7, 11) is 0. The number of aromatic nitrogens is 1. The Morgan fingerprint density at radius 2 is 1.77 bits per heavy atom. The molecule has 43 heavy (non-hydrogen) atoms. The van der Waals surface area contributed by atoms with E-state index in [2.05, 4.69) is 50.2 Å². The zero-order valence-corrected chi connectivity index (χ0v) is 25.9. The molecule has 9 heteroatoms. The first-order valence-corrected chi connectivity index (χ1v) is 15.2. The van der Waals surface area contributed by atoms with Gasteiger partial charge in [0.1, 0.15) is 11.6 Å². The molecule has 230 valence electrons. The van der Waals surface area contributed by atoms with Crippen molar-refractivity contribution in [3.05, 3.63) is 82.7 Å². The molecular weight excluding hydrogens is 542 g/mol. The number of nitrogens with two attached hydrogens (primary N) is 1. The van der Waals surface area contributed by atoms with Crippen LogP contribution in [0.4, 0.5) is 22.0 Å². The number of anilines is 3. The zero-order chi connectivity index (χ0) is 31.1. The SMILES string of the molecule is CCCCN1c2ncccc2C(c2cccc(OCCCO)c2)=C(NC(=O)Nc2c(C(C)C)cc(N)cc2C(C)C)C1O. The Hall–Kier alpha value is -4.08. The Bertz CT molecular complexity index is 1420. The predicted octanol–water partition coefficient (Wildman–Crippen LogP) is 6.19. The quantitative estimate of drug-likeness (QED) is 0.126. The lowest BCUT2D eigenvalue weighted by Gasteiger charge is -2.38. The maximum atomic E-state index is 13.8. The van der Waals surface area contributed by atoms with E-state index in [1.807, 2.05) is 53.4 Å². The molecule has 1 aromatic heterocycles. The van der Waals surface area contributed by atoms with Crippen molar-refractivity contribution in [2.45, 2.75) is 71.9 Å². The van der Waals surface area contributed by atoms with E-state index in [4.69, 9.17) is 10.5 Å². The molecule has 4 rings (SSSR count). The lowest BCUT2D eigenvalue weighted by atomic mass is 9.91. The fraction of sp³-hybridized carbons (Fsp3) is 0.412. The van der Waals surface area contributed by atoms with Gasteiger partial charge in [0.15, 0.2) is 6.23 Å². The van der Waals surface area contributed by atoms with Gasteiger partial charge in [-0.1, -0.05) is 53.2 Å². The summed E-state index contributed by atoms with van der Waals surface area (Å²) in [6.07, 6.45) is 2.86. The Balaban J connectivity index is 1.82. The normalized spacial score (nSPS) is 14.7. The largest absolute Gasteiger partial charge is 0.493 e. The number of amides is 2. The highest BCUT2D eigenvalue weighted by Crippen LogP contribution is 2.40. The molecule has 2 aromatic carbocycles. The van der Waals surface area contributed by atoms with Gasteiger partial charge in [0.2, 0.25) is 0 Å². The van der Waals surface area contributed by atoms with Crippen LogP contribution in [0, 0.1) is 0 Å². The highest BCUT2D eigenvalue weighted by atomic mass is 16.5. The third-order valence-electron chi connectivity index (χ3n) is 7.55. The number of aliphatic hydroxyl groups excluding tert-OH is 2. The summed E-state index contributed by atoms with van der Waals surface area (Å²) in [6, 6.07) is 14.7. The number of unbranched alkanes of at least 4 members (excludes halogenated alkanes) is 1. The van der Waals surface area contributed by atoms with Gasteiger partial charge in [-0.25, -0.2) is 9.78 Å². The standard InChI is InChI=1S/C34H45N5O4/c1-6-7-15-39-32-26(13-9-14-36-32)29(23-11-8-12-25(18-23)43-17-10-16-40)31(33(39)41)38-34(42)37-30-27(21(2)3)19-24(35)20-28(30)22(4)5/h8-9,11-14,18-22,33,40-41H,6-7,10,15-17,35H2,1-5H3,(H2,37,38,42). The molecule has 1 unspecified atom stereocenters. The van der Waals surface area contributed by atoms with Gasteiger partial charge in [0.25, 0.3) is 0 Å². The molecule has 1 aliphatic heterocycles. The number of urea groups is 1. The maximum absolute atomic E-state index is 13.8. The van der Waals surface area contributed by atoms with Gasteiger partial charge < -0.3 is 36.2 Å². The number of hydrogen-bond acceptors (Lipinski definition) is 7. The fourth-order valence-electron chi connectivity index (χ4n) is 5.39. The summed E-state index contributed by atoms with van der Waals surface area (Å²) in [4.78, 5) is 20.3. The molecule has 3 aromatic rings. The lowest BCUT2D eigenvalue weighted by molar-refractivity contribution is 0.192. The second-order valence-corrected chi connectivity index (χ2v) is 11.5. The number of ether oxygens (including phenoxy) is 1. The van der Waals surface area contributed by atoms with Crippen LogP contribution in [-0.2, 0) is 0 Å². The number of pyridine rings is 1. The number of fused-ring (bicyclic) bond motifs is 1. The topological polar surface area (TPSA) is 133 Å². The van der Waals surface area contributed by atoms with Crippen LogP contribution in [0.2, 0.25) is 0 Å². The minimum Gasteiger partial charge on any atom is -0.493 e. The summed E-state index contributed by atoms with van der Waals surface area (Å²) in [6.45, 7) is 11.3. The summed E-state index contributed by atoms with van der Waals surface area (Å²) in [5, 5.41) is 27.1. The second-order valence-electron chi connectivity index (χ2n) is 11.5. The zero-order valence-electron chi connectivity index (χ0n) is 25.9. The molecule has 0 bridgehead atoms. The second kappa shape index (κ2) is 14.4. The van der Waals surface area contributed by atoms with Crippen molar-refractivity contribution >= 4 is 28.8 Å². The minimum atomic E-state index is -1.14. The number of rotatable bonds is 12. The van der Waals surface area contributed by atoms with Crippen LogP contribution in [0.3, 0.4) is 0 Å². The predicted molar refractivity (Wildman–Crippen MR) is 173 cm³/mol.